The summed E-state index contributed by atoms with van der Waals surface area (Å²) in [5.74, 6) is -11.1. The molecular weight excluding hydrogens is 1060 g/mol. The van der Waals surface area contributed by atoms with Crippen LogP contribution in [0.15, 0.2) is 11.8 Å². The molecule has 0 bridgehead atoms. The average Bonchev–Trinajstić information content (AvgIpc) is 3.26. The van der Waals surface area contributed by atoms with Gasteiger partial charge in [-0.3, -0.25) is 13.7 Å². The number of aliphatic hydroxyl groups excluding tert-OH is 10. The third-order valence-electron chi connectivity index (χ3n) is 11.9. The molecule has 5 aliphatic heterocycles. The van der Waals surface area contributed by atoms with E-state index in [1.807, 2.05) is 0 Å². The summed E-state index contributed by atoms with van der Waals surface area (Å²) in [5, 5.41) is 127. The van der Waals surface area contributed by atoms with E-state index in [0.29, 0.717) is 6.08 Å². The van der Waals surface area contributed by atoms with E-state index in [0.717, 1.165) is 6.92 Å². The number of hydrogen-bond acceptors (Lipinski definition) is 30. The molecule has 0 aliphatic carbocycles. The predicted molar refractivity (Wildman–Crippen MR) is 214 cm³/mol. The Morgan fingerprint density at radius 1 is 0.542 bits per heavy atom. The fourth-order valence-corrected chi connectivity index (χ4v) is 9.49. The second-order valence-electron chi connectivity index (χ2n) is 16.7. The van der Waals surface area contributed by atoms with Gasteiger partial charge in [0.15, 0.2) is 37.4 Å². The van der Waals surface area contributed by atoms with Crippen molar-refractivity contribution in [3.05, 3.63) is 11.8 Å². The quantitative estimate of drug-likeness (QED) is 0.0448. The number of aliphatic carboxylic acids is 2. The minimum atomic E-state index is -5.56. The average molecular weight is 1120 g/mol. The summed E-state index contributed by atoms with van der Waals surface area (Å²) in [4.78, 5) is 23.8. The summed E-state index contributed by atoms with van der Waals surface area (Å²) in [5.41, 5.74) is 0. The van der Waals surface area contributed by atoms with Crippen LogP contribution in [-0.2, 0) is 96.0 Å². The van der Waals surface area contributed by atoms with Crippen LogP contribution in [0.5, 0.6) is 0 Å². The first-order chi connectivity index (χ1) is 33.3. The third kappa shape index (κ3) is 15.3. The van der Waals surface area contributed by atoms with Crippen molar-refractivity contribution in [2.75, 3.05) is 39.6 Å². The second-order valence-corrected chi connectivity index (χ2v) is 19.9. The van der Waals surface area contributed by atoms with Gasteiger partial charge in [0, 0.05) is 17.8 Å². The molecule has 0 spiro atoms. The molecule has 5 heterocycles. The van der Waals surface area contributed by atoms with Gasteiger partial charge in [0.25, 0.3) is 0 Å². The van der Waals surface area contributed by atoms with Crippen LogP contribution in [0.2, 0.25) is 0 Å². The number of carboxylic acid groups (broad SMARTS) is 2. The molecule has 0 aromatic heterocycles. The summed E-state index contributed by atoms with van der Waals surface area (Å²) >= 11 is 0. The lowest BCUT2D eigenvalue weighted by Crippen LogP contribution is -2.62. The summed E-state index contributed by atoms with van der Waals surface area (Å²) in [6.07, 6.45) is -37.9. The maximum absolute atomic E-state index is 12.3. The van der Waals surface area contributed by atoms with Crippen LogP contribution in [0.25, 0.3) is 0 Å². The van der Waals surface area contributed by atoms with Gasteiger partial charge in [-0.25, -0.2) is 22.1 Å². The Hall–Kier alpha value is -2.63. The van der Waals surface area contributed by atoms with Crippen LogP contribution in [0, 0.1) is 23.7 Å². The third-order valence-corrected chi connectivity index (χ3v) is 13.2. The highest BCUT2D eigenvalue weighted by atomic mass is 32.3. The van der Waals surface area contributed by atoms with Crippen molar-refractivity contribution >= 4 is 43.1 Å². The molecule has 0 amide bonds. The minimum absolute atomic E-state index is 0.665. The lowest BCUT2D eigenvalue weighted by Gasteiger charge is -2.46. The van der Waals surface area contributed by atoms with E-state index in [9.17, 15) is 105 Å². The van der Waals surface area contributed by atoms with Crippen molar-refractivity contribution in [1.29, 1.82) is 0 Å². The van der Waals surface area contributed by atoms with Crippen LogP contribution in [0.1, 0.15) is 6.92 Å². The Morgan fingerprint density at radius 2 is 1.10 bits per heavy atom. The molecular formula is C34H54O35S3. The molecule has 4 fully saturated rings. The summed E-state index contributed by atoms with van der Waals surface area (Å²) < 4.78 is 159. The molecule has 0 aromatic rings. The molecule has 23 atom stereocenters. The summed E-state index contributed by atoms with van der Waals surface area (Å²) in [7, 11) is -16.2. The molecule has 14 unspecified atom stereocenters. The van der Waals surface area contributed by atoms with E-state index >= 15 is 0 Å². The molecule has 4 saturated heterocycles. The van der Waals surface area contributed by atoms with E-state index < -0.39 is 229 Å². The Kier molecular flexibility index (Phi) is 20.6. The molecule has 38 heteroatoms. The van der Waals surface area contributed by atoms with Crippen molar-refractivity contribution < 1.29 is 165 Å². The van der Waals surface area contributed by atoms with Crippen LogP contribution < -0.4 is 0 Å². The fourth-order valence-electron chi connectivity index (χ4n) is 8.14. The smallest absolute Gasteiger partial charge is 0.397 e. The zero-order valence-corrected chi connectivity index (χ0v) is 39.1. The number of aliphatic hydroxyl groups is 10. The predicted octanol–water partition coefficient (Wildman–Crippen LogP) is -9.09. The van der Waals surface area contributed by atoms with Gasteiger partial charge in [0.1, 0.15) is 48.8 Å². The fraction of sp³-hybridized carbons (Fsp3) is 0.882. The topological polar surface area (TPSA) is 551 Å². The van der Waals surface area contributed by atoms with Crippen molar-refractivity contribution in [3.8, 4) is 0 Å². The first-order valence-electron chi connectivity index (χ1n) is 20.9. The monoisotopic (exact) mass is 1120 g/mol. The van der Waals surface area contributed by atoms with E-state index in [-0.39, 0.29) is 0 Å². The van der Waals surface area contributed by atoms with E-state index in [4.69, 9.17) is 47.2 Å². The Labute approximate surface area is 406 Å². The highest BCUT2D eigenvalue weighted by molar-refractivity contribution is 7.81. The van der Waals surface area contributed by atoms with Crippen LogP contribution in [0.3, 0.4) is 0 Å². The summed E-state index contributed by atoms with van der Waals surface area (Å²) in [6.45, 7) is -4.97. The molecule has 0 aromatic carbocycles. The highest BCUT2D eigenvalue weighted by Crippen LogP contribution is 2.37. The van der Waals surface area contributed by atoms with E-state index in [2.05, 4.69) is 12.5 Å². The van der Waals surface area contributed by atoms with E-state index in [1.54, 1.807) is 0 Å². The number of rotatable bonds is 22. The molecule has 35 nitrogen and oxygen atoms in total. The molecule has 0 saturated carbocycles. The van der Waals surface area contributed by atoms with Crippen LogP contribution in [-0.4, -0.2) is 269 Å². The molecule has 0 radical (unpaired) electrons. The van der Waals surface area contributed by atoms with Gasteiger partial charge >= 0.3 is 43.1 Å². The lowest BCUT2D eigenvalue weighted by atomic mass is 9.83. The Bertz CT molecular complexity index is 2200. The van der Waals surface area contributed by atoms with Gasteiger partial charge in [-0.15, -0.1) is 0 Å². The number of hydrogen-bond donors (Lipinski definition) is 15. The van der Waals surface area contributed by atoms with Crippen molar-refractivity contribution in [1.82, 2.24) is 0 Å². The molecule has 5 rings (SSSR count). The van der Waals surface area contributed by atoms with Gasteiger partial charge in [0.05, 0.1) is 70.0 Å². The summed E-state index contributed by atoms with van der Waals surface area (Å²) in [6, 6.07) is 0. The van der Waals surface area contributed by atoms with Gasteiger partial charge < -0.3 is 104 Å². The first kappa shape index (κ1) is 60.2. The van der Waals surface area contributed by atoms with Gasteiger partial charge in [-0.2, -0.15) is 25.3 Å². The largest absolute Gasteiger partial charge is 0.479 e. The minimum Gasteiger partial charge on any atom is -0.479 e. The first-order valence-corrected chi connectivity index (χ1v) is 25.0. The maximum Gasteiger partial charge on any atom is 0.397 e. The molecule has 5 aliphatic rings. The molecule has 15 N–H and O–H groups in total. The molecule has 418 valence electrons. The van der Waals surface area contributed by atoms with Crippen LogP contribution >= 0.6 is 0 Å². The van der Waals surface area contributed by atoms with Gasteiger partial charge in [0.2, 0.25) is 12.0 Å². The number of carboxylic acids is 2. The van der Waals surface area contributed by atoms with Gasteiger partial charge in [-0.05, 0) is 13.0 Å². The zero-order valence-electron chi connectivity index (χ0n) is 36.7. The lowest BCUT2D eigenvalue weighted by molar-refractivity contribution is -0.329. The Morgan fingerprint density at radius 3 is 1.68 bits per heavy atom. The van der Waals surface area contributed by atoms with Crippen molar-refractivity contribution in [3.63, 3.8) is 0 Å². The SMILES string of the molecule is CC1O[C@@H](OCC2C(CO[C@@H]3OC(C(=O)O)[C@@H](O)C(CO[C@H]4OC(CO)[C@@H](O)C(O)C4CO[C@@H]4OC(C(=O)O)=CC(O)C4O)C3O)[C@H](O)OC(COS(=O)(=O)O)[C@H]2O)C(OS(=O)(=O)O)C(O)[C@@H]1OS(=O)(=O)O. The van der Waals surface area contributed by atoms with Crippen molar-refractivity contribution in [2.45, 2.75) is 124 Å². The Balaban J connectivity index is 1.36. The highest BCUT2D eigenvalue weighted by Gasteiger charge is 2.54. The number of carbonyl (C=O) groups is 2. The van der Waals surface area contributed by atoms with E-state index in [1.165, 1.54) is 0 Å². The zero-order chi connectivity index (χ0) is 53.9. The second kappa shape index (κ2) is 24.6. The normalized spacial score (nSPS) is 42.3. The maximum atomic E-state index is 12.3. The van der Waals surface area contributed by atoms with Gasteiger partial charge in [-0.1, -0.05) is 0 Å². The van der Waals surface area contributed by atoms with Crippen LogP contribution in [0.4, 0.5) is 0 Å². The molecule has 72 heavy (non-hydrogen) atoms. The number of ether oxygens (including phenoxy) is 9. The standard InChI is InChI=1S/C34H54O35S3/c1-9-25(68-71(52,53)54)24(43)27(69-72(55,56)57)34(63-9)61-4-10-11(30(48)64-17(18(10)37)8-62-70(49,50)51)5-59-32-21(40)12(20(39)26(67-32)29(46)47)6-58-31-13(19(38)23(42)16(3-35)66-31)7-60-33-22(41)14(36)2-15(65-33)28(44)45/h2,9-14,16-27,30-43,48H,3-8H2,1H3,(H,44,45)(H,46,47)(H,49,50,51)(H,52,53,54)(H,55,56,57)/t9?,10?,11?,12?,13?,14?,16?,17?,18-,19?,20-,21?,22?,23+,24?,25+,26?,27?,30+,31-,32+,33+,34+/m0/s1. The van der Waals surface area contributed by atoms with Crippen molar-refractivity contribution in [2.24, 2.45) is 23.7 Å².